The summed E-state index contributed by atoms with van der Waals surface area (Å²) < 4.78 is 41.2. The lowest BCUT2D eigenvalue weighted by atomic mass is 10.0. The van der Waals surface area contributed by atoms with Crippen LogP contribution in [0.15, 0.2) is 84.0 Å². The third-order valence-corrected chi connectivity index (χ3v) is 6.54. The number of nitrogens with zero attached hydrogens (tertiary/aromatic N) is 3. The number of carbonyl (C=O) groups excluding carboxylic acids is 2. The van der Waals surface area contributed by atoms with Crippen molar-refractivity contribution in [2.24, 2.45) is 5.10 Å². The fraction of sp³-hybridized carbons (Fsp3) is 0.300. The van der Waals surface area contributed by atoms with Crippen LogP contribution < -0.4 is 25.3 Å². The number of halogens is 3. The van der Waals surface area contributed by atoms with E-state index in [1.807, 2.05) is 73.6 Å². The molecule has 4 rings (SSSR count). The van der Waals surface area contributed by atoms with Crippen molar-refractivity contribution in [1.29, 1.82) is 0 Å². The normalized spacial score (nSPS) is 14.8. The van der Waals surface area contributed by atoms with Crippen molar-refractivity contribution in [2.75, 3.05) is 30.5 Å². The average Bonchev–Trinajstić information content (AvgIpc) is 3.34. The van der Waals surface area contributed by atoms with Gasteiger partial charge in [0.25, 0.3) is 11.8 Å². The molecule has 1 heterocycles. The monoisotopic (exact) mass is 583 g/mol. The van der Waals surface area contributed by atoms with Crippen LogP contribution in [-0.4, -0.2) is 61.8 Å². The van der Waals surface area contributed by atoms with Crippen molar-refractivity contribution < 1.29 is 32.6 Å². The maximum absolute atomic E-state index is 13.2. The summed E-state index contributed by atoms with van der Waals surface area (Å²) in [6.45, 7) is 0.696. The van der Waals surface area contributed by atoms with Crippen molar-refractivity contribution in [3.05, 3.63) is 90.0 Å². The summed E-state index contributed by atoms with van der Waals surface area (Å²) in [6, 6.07) is 21.2. The van der Waals surface area contributed by atoms with Gasteiger partial charge in [-0.2, -0.15) is 10.1 Å². The fourth-order valence-corrected chi connectivity index (χ4v) is 4.40. The van der Waals surface area contributed by atoms with Crippen LogP contribution in [0.2, 0.25) is 0 Å². The zero-order chi connectivity index (χ0) is 30.3. The summed E-state index contributed by atoms with van der Waals surface area (Å²) >= 11 is 0. The van der Waals surface area contributed by atoms with E-state index in [0.717, 1.165) is 34.0 Å². The predicted molar refractivity (Wildman–Crippen MR) is 153 cm³/mol. The Morgan fingerprint density at radius 1 is 1.05 bits per heavy atom. The summed E-state index contributed by atoms with van der Waals surface area (Å²) in [5.74, 6) is -1.59. The molecule has 0 unspecified atom stereocenters. The van der Waals surface area contributed by atoms with Gasteiger partial charge in [-0.3, -0.25) is 9.59 Å². The van der Waals surface area contributed by atoms with Crippen molar-refractivity contribution in [3.63, 3.8) is 0 Å². The molecular formula is C30H32F3N5O4. The Kier molecular flexibility index (Phi) is 9.81. The van der Waals surface area contributed by atoms with E-state index < -0.39 is 36.1 Å². The molecule has 12 heteroatoms. The van der Waals surface area contributed by atoms with Crippen LogP contribution in [0.25, 0.3) is 0 Å². The molecule has 1 aliphatic heterocycles. The third kappa shape index (κ3) is 8.54. The highest BCUT2D eigenvalue weighted by atomic mass is 19.4. The molecule has 0 saturated heterocycles. The fourth-order valence-electron chi connectivity index (χ4n) is 4.40. The first-order valence-electron chi connectivity index (χ1n) is 13.2. The molecule has 0 fully saturated rings. The largest absolute Gasteiger partial charge is 0.573 e. The number of aliphatic hydroxyl groups excluding tert-OH is 1. The Labute approximate surface area is 241 Å². The van der Waals surface area contributed by atoms with Crippen LogP contribution in [0.1, 0.15) is 17.5 Å². The molecule has 0 aliphatic carbocycles. The summed E-state index contributed by atoms with van der Waals surface area (Å²) in [7, 11) is 3.91. The second-order valence-electron chi connectivity index (χ2n) is 10.0. The van der Waals surface area contributed by atoms with Crippen LogP contribution >= 0.6 is 0 Å². The van der Waals surface area contributed by atoms with Gasteiger partial charge in [0.05, 0.1) is 24.3 Å². The molecule has 3 N–H and O–H groups in total. The molecule has 222 valence electrons. The number of nitrogens with one attached hydrogen (secondary N) is 2. The molecule has 1 aliphatic rings. The topological polar surface area (TPSA) is 106 Å². The second kappa shape index (κ2) is 13.5. The SMILES string of the molecule is CN(C)c1cccc(CNC[C@@H](O)[C@H](Cc2ccccc2)NC(=O)C2=NN(c3ccc(OC(F)(F)F)cc3)C(=O)C2)c1. The number of benzene rings is 3. The Morgan fingerprint density at radius 2 is 1.74 bits per heavy atom. The molecule has 9 nitrogen and oxygen atoms in total. The number of aliphatic hydroxyl groups is 1. The number of alkyl halides is 3. The molecule has 0 aromatic heterocycles. The third-order valence-electron chi connectivity index (χ3n) is 6.54. The molecule has 2 amide bonds. The average molecular weight is 584 g/mol. The first-order chi connectivity index (χ1) is 20.0. The van der Waals surface area contributed by atoms with Gasteiger partial charge in [-0.15, -0.1) is 13.2 Å². The predicted octanol–water partition coefficient (Wildman–Crippen LogP) is 3.62. The number of hydrogen-bond donors (Lipinski definition) is 3. The first-order valence-corrected chi connectivity index (χ1v) is 13.2. The first kappa shape index (κ1) is 30.5. The molecule has 3 aromatic rings. The van der Waals surface area contributed by atoms with Crippen LogP contribution in [0.3, 0.4) is 0 Å². The Morgan fingerprint density at radius 3 is 2.40 bits per heavy atom. The van der Waals surface area contributed by atoms with Crippen LogP contribution in [-0.2, 0) is 22.6 Å². The van der Waals surface area contributed by atoms with Crippen LogP contribution in [0.4, 0.5) is 24.5 Å². The van der Waals surface area contributed by atoms with Crippen molar-refractivity contribution in [1.82, 2.24) is 10.6 Å². The maximum Gasteiger partial charge on any atom is 0.573 e. The summed E-state index contributed by atoms with van der Waals surface area (Å²) in [5.41, 5.74) is 3.09. The summed E-state index contributed by atoms with van der Waals surface area (Å²) in [6.07, 6.45) is -5.79. The molecule has 0 bridgehead atoms. The Balaban J connectivity index is 1.42. The van der Waals surface area contributed by atoms with Gasteiger partial charge in [0.1, 0.15) is 11.5 Å². The number of hydrazone groups is 1. The van der Waals surface area contributed by atoms with Gasteiger partial charge in [0.15, 0.2) is 0 Å². The number of carbonyl (C=O) groups is 2. The molecule has 3 aromatic carbocycles. The summed E-state index contributed by atoms with van der Waals surface area (Å²) in [5, 5.41) is 22.2. The van der Waals surface area contributed by atoms with Gasteiger partial charge < -0.3 is 25.4 Å². The van der Waals surface area contributed by atoms with Gasteiger partial charge in [0.2, 0.25) is 0 Å². The number of anilines is 2. The van der Waals surface area contributed by atoms with Gasteiger partial charge in [0, 0.05) is 32.9 Å². The van der Waals surface area contributed by atoms with E-state index in [1.54, 1.807) is 0 Å². The van der Waals surface area contributed by atoms with Crippen molar-refractivity contribution in [2.45, 2.75) is 37.9 Å². The highest BCUT2D eigenvalue weighted by Gasteiger charge is 2.33. The van der Waals surface area contributed by atoms with E-state index in [9.17, 15) is 27.9 Å². The maximum atomic E-state index is 13.2. The molecule has 0 radical (unpaired) electrons. The van der Waals surface area contributed by atoms with E-state index in [2.05, 4.69) is 20.5 Å². The van der Waals surface area contributed by atoms with E-state index in [0.29, 0.717) is 13.0 Å². The molecular weight excluding hydrogens is 551 g/mol. The van der Waals surface area contributed by atoms with Crippen molar-refractivity contribution in [3.8, 4) is 5.75 Å². The minimum Gasteiger partial charge on any atom is -0.406 e. The van der Waals surface area contributed by atoms with Crippen LogP contribution in [0, 0.1) is 0 Å². The molecule has 0 saturated carbocycles. The van der Waals surface area contributed by atoms with Gasteiger partial charge >= 0.3 is 6.36 Å². The summed E-state index contributed by atoms with van der Waals surface area (Å²) in [4.78, 5) is 27.8. The number of ether oxygens (including phenoxy) is 1. The van der Waals surface area contributed by atoms with E-state index in [4.69, 9.17) is 0 Å². The van der Waals surface area contributed by atoms with Gasteiger partial charge in [-0.25, -0.2) is 0 Å². The Bertz CT molecular complexity index is 1400. The van der Waals surface area contributed by atoms with E-state index in [1.165, 1.54) is 12.1 Å². The lowest BCUT2D eigenvalue weighted by Crippen LogP contribution is -2.50. The van der Waals surface area contributed by atoms with Gasteiger partial charge in [-0.05, 0) is 53.9 Å². The Hall–Kier alpha value is -4.42. The van der Waals surface area contributed by atoms with Crippen molar-refractivity contribution >= 4 is 28.9 Å². The standard InChI is InChI=1S/C30H32F3N5O4/c1-37(2)23-10-6-9-21(15-23)18-34-19-27(39)25(16-20-7-4-3-5-8-20)35-29(41)26-17-28(40)38(36-26)22-11-13-24(14-12-22)42-30(31,32)33/h3-15,25,27,34,39H,16-19H2,1-2H3,(H,35,41)/t25-,27+/m0/s1. The number of amides is 2. The minimum atomic E-state index is -4.85. The van der Waals surface area contributed by atoms with Gasteiger partial charge in [-0.1, -0.05) is 42.5 Å². The van der Waals surface area contributed by atoms with Crippen LogP contribution in [0.5, 0.6) is 5.75 Å². The lowest BCUT2D eigenvalue weighted by Gasteiger charge is -2.25. The lowest BCUT2D eigenvalue weighted by molar-refractivity contribution is -0.274. The molecule has 42 heavy (non-hydrogen) atoms. The zero-order valence-corrected chi connectivity index (χ0v) is 23.1. The van der Waals surface area contributed by atoms with E-state index in [-0.39, 0.29) is 24.4 Å². The molecule has 2 atom stereocenters. The number of rotatable bonds is 12. The number of hydrogen-bond acceptors (Lipinski definition) is 7. The van der Waals surface area contributed by atoms with E-state index >= 15 is 0 Å². The zero-order valence-electron chi connectivity index (χ0n) is 23.1. The quantitative estimate of drug-likeness (QED) is 0.301. The highest BCUT2D eigenvalue weighted by molar-refractivity contribution is 6.44. The smallest absolute Gasteiger partial charge is 0.406 e. The highest BCUT2D eigenvalue weighted by Crippen LogP contribution is 2.27. The minimum absolute atomic E-state index is 0.0747. The molecule has 0 spiro atoms. The second-order valence-corrected chi connectivity index (χ2v) is 10.0.